The Bertz CT molecular complexity index is 407. The molecular formula is C13H21N3O2. The Morgan fingerprint density at radius 3 is 2.83 bits per heavy atom. The summed E-state index contributed by atoms with van der Waals surface area (Å²) in [4.78, 5) is 12.0. The van der Waals surface area contributed by atoms with Crippen LogP contribution >= 0.6 is 0 Å². The van der Waals surface area contributed by atoms with Crippen molar-refractivity contribution < 1.29 is 9.53 Å². The standard InChI is InChI=1S/C13H21N3O2/c1-4-18-8-10(3)15-13(17)11-6-5-9(2)7-12(11)16-14/h5-7,10,16H,4,8,14H2,1-3H3,(H,15,17). The van der Waals surface area contributed by atoms with E-state index in [0.29, 0.717) is 24.5 Å². The molecule has 1 amide bonds. The number of hydrogen-bond donors (Lipinski definition) is 3. The van der Waals surface area contributed by atoms with Gasteiger partial charge in [-0.25, -0.2) is 0 Å². The number of hydrogen-bond acceptors (Lipinski definition) is 4. The molecule has 0 saturated carbocycles. The fourth-order valence-corrected chi connectivity index (χ4v) is 1.61. The van der Waals surface area contributed by atoms with Gasteiger partial charge < -0.3 is 15.5 Å². The van der Waals surface area contributed by atoms with Crippen molar-refractivity contribution >= 4 is 11.6 Å². The van der Waals surface area contributed by atoms with Crippen LogP contribution in [0.4, 0.5) is 5.69 Å². The average molecular weight is 251 g/mol. The van der Waals surface area contributed by atoms with Gasteiger partial charge in [-0.15, -0.1) is 0 Å². The fourth-order valence-electron chi connectivity index (χ4n) is 1.61. The van der Waals surface area contributed by atoms with Crippen molar-refractivity contribution in [3.63, 3.8) is 0 Å². The van der Waals surface area contributed by atoms with E-state index in [1.165, 1.54) is 0 Å². The minimum atomic E-state index is -0.157. The average Bonchev–Trinajstić information content (AvgIpc) is 2.35. The maximum atomic E-state index is 12.0. The summed E-state index contributed by atoms with van der Waals surface area (Å²) in [6.07, 6.45) is 0. The Kier molecular flexibility index (Phi) is 5.61. The van der Waals surface area contributed by atoms with Crippen LogP contribution in [0.3, 0.4) is 0 Å². The van der Waals surface area contributed by atoms with Gasteiger partial charge in [0.2, 0.25) is 0 Å². The topological polar surface area (TPSA) is 76.4 Å². The van der Waals surface area contributed by atoms with Crippen LogP contribution in [0.15, 0.2) is 18.2 Å². The molecule has 0 aliphatic heterocycles. The highest BCUT2D eigenvalue weighted by atomic mass is 16.5. The van der Waals surface area contributed by atoms with E-state index in [4.69, 9.17) is 10.6 Å². The number of anilines is 1. The molecule has 0 bridgehead atoms. The summed E-state index contributed by atoms with van der Waals surface area (Å²) in [5.74, 6) is 5.26. The first-order chi connectivity index (χ1) is 8.58. The summed E-state index contributed by atoms with van der Waals surface area (Å²) in [7, 11) is 0. The Morgan fingerprint density at radius 2 is 2.22 bits per heavy atom. The molecule has 0 heterocycles. The molecule has 5 heteroatoms. The number of amides is 1. The molecule has 0 radical (unpaired) electrons. The summed E-state index contributed by atoms with van der Waals surface area (Å²) in [6, 6.07) is 5.43. The van der Waals surface area contributed by atoms with E-state index in [2.05, 4.69) is 10.7 Å². The lowest BCUT2D eigenvalue weighted by molar-refractivity contribution is 0.0872. The predicted molar refractivity (Wildman–Crippen MR) is 72.4 cm³/mol. The van der Waals surface area contributed by atoms with Gasteiger partial charge in [-0.05, 0) is 38.5 Å². The molecule has 0 aliphatic rings. The number of nitrogens with two attached hydrogens (primary N) is 1. The van der Waals surface area contributed by atoms with Crippen molar-refractivity contribution in [2.45, 2.75) is 26.8 Å². The van der Waals surface area contributed by atoms with Crippen molar-refractivity contribution in [1.82, 2.24) is 5.32 Å². The normalized spacial score (nSPS) is 12.0. The van der Waals surface area contributed by atoms with Crippen molar-refractivity contribution in [3.05, 3.63) is 29.3 Å². The van der Waals surface area contributed by atoms with Gasteiger partial charge in [-0.3, -0.25) is 10.6 Å². The van der Waals surface area contributed by atoms with Gasteiger partial charge in [-0.2, -0.15) is 0 Å². The van der Waals surface area contributed by atoms with E-state index >= 15 is 0 Å². The summed E-state index contributed by atoms with van der Waals surface area (Å²) in [6.45, 7) is 6.91. The van der Waals surface area contributed by atoms with E-state index in [-0.39, 0.29) is 11.9 Å². The highest BCUT2D eigenvalue weighted by molar-refractivity contribution is 5.99. The van der Waals surface area contributed by atoms with Crippen LogP contribution in [0.5, 0.6) is 0 Å². The van der Waals surface area contributed by atoms with Gasteiger partial charge in [0.1, 0.15) is 0 Å². The van der Waals surface area contributed by atoms with E-state index < -0.39 is 0 Å². The molecule has 4 N–H and O–H groups in total. The third kappa shape index (κ3) is 4.01. The van der Waals surface area contributed by atoms with Gasteiger partial charge in [0.15, 0.2) is 0 Å². The Balaban J connectivity index is 2.72. The van der Waals surface area contributed by atoms with Crippen molar-refractivity contribution in [1.29, 1.82) is 0 Å². The first kappa shape index (κ1) is 14.5. The lowest BCUT2D eigenvalue weighted by atomic mass is 10.1. The molecule has 1 aromatic carbocycles. The molecule has 0 fully saturated rings. The number of aryl methyl sites for hydroxylation is 1. The molecule has 5 nitrogen and oxygen atoms in total. The smallest absolute Gasteiger partial charge is 0.253 e. The number of carbonyl (C=O) groups excluding carboxylic acids is 1. The minimum Gasteiger partial charge on any atom is -0.380 e. The molecule has 1 aromatic rings. The maximum absolute atomic E-state index is 12.0. The molecule has 100 valence electrons. The molecule has 1 rings (SSSR count). The lowest BCUT2D eigenvalue weighted by Gasteiger charge is -2.15. The monoisotopic (exact) mass is 251 g/mol. The van der Waals surface area contributed by atoms with Gasteiger partial charge in [0.05, 0.1) is 17.9 Å². The van der Waals surface area contributed by atoms with E-state index in [1.807, 2.05) is 32.9 Å². The maximum Gasteiger partial charge on any atom is 0.253 e. The number of nitrogen functional groups attached to an aromatic ring is 1. The summed E-state index contributed by atoms with van der Waals surface area (Å²) < 4.78 is 5.25. The first-order valence-electron chi connectivity index (χ1n) is 6.04. The molecular weight excluding hydrogens is 230 g/mol. The Morgan fingerprint density at radius 1 is 1.50 bits per heavy atom. The van der Waals surface area contributed by atoms with Crippen LogP contribution in [0, 0.1) is 6.92 Å². The van der Waals surface area contributed by atoms with Crippen LogP contribution in [-0.4, -0.2) is 25.2 Å². The third-order valence-corrected chi connectivity index (χ3v) is 2.52. The van der Waals surface area contributed by atoms with Gasteiger partial charge in [-0.1, -0.05) is 6.07 Å². The molecule has 0 saturated heterocycles. The second-order valence-electron chi connectivity index (χ2n) is 4.23. The summed E-state index contributed by atoms with van der Waals surface area (Å²) in [5.41, 5.74) is 4.74. The minimum absolute atomic E-state index is 0.0376. The van der Waals surface area contributed by atoms with Crippen LogP contribution in [0.1, 0.15) is 29.8 Å². The van der Waals surface area contributed by atoms with Crippen LogP contribution in [0.2, 0.25) is 0 Å². The highest BCUT2D eigenvalue weighted by Gasteiger charge is 2.13. The number of benzene rings is 1. The van der Waals surface area contributed by atoms with E-state index in [9.17, 15) is 4.79 Å². The number of rotatable bonds is 6. The number of hydrazine groups is 1. The number of ether oxygens (including phenoxy) is 1. The fraction of sp³-hybridized carbons (Fsp3) is 0.462. The molecule has 1 atom stereocenters. The zero-order valence-electron chi connectivity index (χ0n) is 11.1. The Labute approximate surface area is 108 Å². The van der Waals surface area contributed by atoms with Crippen molar-refractivity contribution in [3.8, 4) is 0 Å². The molecule has 0 aliphatic carbocycles. The van der Waals surface area contributed by atoms with Gasteiger partial charge in [0.25, 0.3) is 5.91 Å². The van der Waals surface area contributed by atoms with E-state index in [1.54, 1.807) is 6.07 Å². The van der Waals surface area contributed by atoms with Crippen LogP contribution < -0.4 is 16.6 Å². The molecule has 1 unspecified atom stereocenters. The third-order valence-electron chi connectivity index (χ3n) is 2.52. The predicted octanol–water partition coefficient (Wildman–Crippen LogP) is 1.44. The van der Waals surface area contributed by atoms with Crippen molar-refractivity contribution in [2.24, 2.45) is 5.84 Å². The second-order valence-corrected chi connectivity index (χ2v) is 4.23. The SMILES string of the molecule is CCOCC(C)NC(=O)c1ccc(C)cc1NN. The largest absolute Gasteiger partial charge is 0.380 e. The second kappa shape index (κ2) is 6.98. The van der Waals surface area contributed by atoms with Crippen molar-refractivity contribution in [2.75, 3.05) is 18.6 Å². The zero-order chi connectivity index (χ0) is 13.5. The number of carbonyl (C=O) groups is 1. The molecule has 18 heavy (non-hydrogen) atoms. The zero-order valence-corrected chi connectivity index (χ0v) is 11.1. The van der Waals surface area contributed by atoms with Gasteiger partial charge in [0, 0.05) is 12.6 Å². The summed E-state index contributed by atoms with van der Waals surface area (Å²) >= 11 is 0. The van der Waals surface area contributed by atoms with E-state index in [0.717, 1.165) is 5.56 Å². The Hall–Kier alpha value is -1.59. The first-order valence-corrected chi connectivity index (χ1v) is 6.04. The lowest BCUT2D eigenvalue weighted by Crippen LogP contribution is -2.36. The van der Waals surface area contributed by atoms with Crippen LogP contribution in [-0.2, 0) is 4.74 Å². The number of nitrogens with one attached hydrogen (secondary N) is 2. The molecule has 0 spiro atoms. The highest BCUT2D eigenvalue weighted by Crippen LogP contribution is 2.16. The molecule has 0 aromatic heterocycles. The van der Waals surface area contributed by atoms with Crippen LogP contribution in [0.25, 0.3) is 0 Å². The summed E-state index contributed by atoms with van der Waals surface area (Å²) in [5, 5.41) is 2.87. The van der Waals surface area contributed by atoms with Gasteiger partial charge >= 0.3 is 0 Å². The quantitative estimate of drug-likeness (QED) is 0.528.